The number of hydrogen-bond donors (Lipinski definition) is 0. The average molecular weight is 227 g/mol. The fourth-order valence-electron chi connectivity index (χ4n) is 2.10. The van der Waals surface area contributed by atoms with E-state index in [-0.39, 0.29) is 11.9 Å². The predicted molar refractivity (Wildman–Crippen MR) is 70.7 cm³/mol. The summed E-state index contributed by atoms with van der Waals surface area (Å²) in [6.45, 7) is 13.9. The van der Waals surface area contributed by atoms with Crippen molar-refractivity contribution in [3.63, 3.8) is 0 Å². The molecule has 0 bridgehead atoms. The number of aryl methyl sites for hydroxylation is 1. The van der Waals surface area contributed by atoms with Gasteiger partial charge in [0.15, 0.2) is 0 Å². The Morgan fingerprint density at radius 2 is 2.00 bits per heavy atom. The second-order valence-electron chi connectivity index (χ2n) is 4.69. The summed E-state index contributed by atoms with van der Waals surface area (Å²) in [4.78, 5) is 14.0. The molecule has 0 fully saturated rings. The highest BCUT2D eigenvalue weighted by atomic mass is 16.2. The molecule has 0 aromatic heterocycles. The quantitative estimate of drug-likeness (QED) is 0.709. The highest BCUT2D eigenvalue weighted by Crippen LogP contribution is 2.34. The summed E-state index contributed by atoms with van der Waals surface area (Å²) in [6.07, 6.45) is 0. The highest BCUT2D eigenvalue weighted by Gasteiger charge is 2.34. The van der Waals surface area contributed by atoms with Crippen molar-refractivity contribution in [3.05, 3.63) is 53.6 Å². The van der Waals surface area contributed by atoms with Gasteiger partial charge in [-0.2, -0.15) is 0 Å². The molecule has 1 amide bonds. The Morgan fingerprint density at radius 3 is 2.59 bits per heavy atom. The lowest BCUT2D eigenvalue weighted by Crippen LogP contribution is -2.32. The van der Waals surface area contributed by atoms with Crippen LogP contribution in [0.15, 0.2) is 36.9 Å². The van der Waals surface area contributed by atoms with Gasteiger partial charge in [0.25, 0.3) is 5.91 Å². The van der Waals surface area contributed by atoms with Crippen LogP contribution in [0.25, 0.3) is 5.70 Å². The number of amides is 1. The molecule has 2 heteroatoms. The SMILES string of the molecule is C=C(C)C(C)N1C(=C)c2cc(C)ccc2C1=O. The summed E-state index contributed by atoms with van der Waals surface area (Å²) in [5.74, 6) is 0.0282. The van der Waals surface area contributed by atoms with E-state index in [0.29, 0.717) is 0 Å². The van der Waals surface area contributed by atoms with Gasteiger partial charge in [0.2, 0.25) is 0 Å². The molecular weight excluding hydrogens is 210 g/mol. The molecule has 17 heavy (non-hydrogen) atoms. The molecule has 88 valence electrons. The van der Waals surface area contributed by atoms with Crippen LogP contribution < -0.4 is 0 Å². The van der Waals surface area contributed by atoms with E-state index in [4.69, 9.17) is 0 Å². The fraction of sp³-hybridized carbons (Fsp3) is 0.267. The molecule has 0 aliphatic carbocycles. The molecule has 1 atom stereocenters. The summed E-state index contributed by atoms with van der Waals surface area (Å²) >= 11 is 0. The predicted octanol–water partition coefficient (Wildman–Crippen LogP) is 3.39. The molecule has 1 aromatic rings. The molecule has 2 rings (SSSR count). The van der Waals surface area contributed by atoms with E-state index in [1.807, 2.05) is 39.0 Å². The Morgan fingerprint density at radius 1 is 1.35 bits per heavy atom. The van der Waals surface area contributed by atoms with Crippen LogP contribution in [0.4, 0.5) is 0 Å². The molecule has 2 nitrogen and oxygen atoms in total. The van der Waals surface area contributed by atoms with Crippen LogP contribution in [-0.4, -0.2) is 16.8 Å². The van der Waals surface area contributed by atoms with Crippen molar-refractivity contribution >= 4 is 11.6 Å². The normalized spacial score (nSPS) is 16.1. The van der Waals surface area contributed by atoms with Gasteiger partial charge < -0.3 is 4.90 Å². The van der Waals surface area contributed by atoms with E-state index in [0.717, 1.165) is 28.0 Å². The van der Waals surface area contributed by atoms with Crippen molar-refractivity contribution < 1.29 is 4.79 Å². The maximum Gasteiger partial charge on any atom is 0.259 e. The van der Waals surface area contributed by atoms with Gasteiger partial charge in [-0.15, -0.1) is 0 Å². The van der Waals surface area contributed by atoms with Gasteiger partial charge >= 0.3 is 0 Å². The Bertz CT molecular complexity index is 528. The summed E-state index contributed by atoms with van der Waals surface area (Å²) in [5.41, 5.74) is 4.58. The molecular formula is C15H17NO. The third kappa shape index (κ3) is 1.70. The van der Waals surface area contributed by atoms with E-state index < -0.39 is 0 Å². The minimum absolute atomic E-state index is 0.0114. The lowest BCUT2D eigenvalue weighted by molar-refractivity contribution is 0.0827. The van der Waals surface area contributed by atoms with Gasteiger partial charge in [0, 0.05) is 16.8 Å². The standard InChI is InChI=1S/C15H17NO/c1-9(2)11(4)16-12(5)14-8-10(3)6-7-13(14)15(16)17/h6-8,11H,1,5H2,2-4H3. The Balaban J connectivity index is 2.49. The first-order valence-corrected chi connectivity index (χ1v) is 5.72. The number of nitrogens with zero attached hydrogens (tertiary/aromatic N) is 1. The topological polar surface area (TPSA) is 20.3 Å². The molecule has 0 spiro atoms. The zero-order chi connectivity index (χ0) is 12.7. The molecule has 0 saturated heterocycles. The van der Waals surface area contributed by atoms with Crippen LogP contribution in [0.5, 0.6) is 0 Å². The van der Waals surface area contributed by atoms with E-state index in [9.17, 15) is 4.79 Å². The number of carbonyl (C=O) groups is 1. The molecule has 0 saturated carbocycles. The number of benzene rings is 1. The van der Waals surface area contributed by atoms with E-state index in [1.54, 1.807) is 4.90 Å². The number of carbonyl (C=O) groups excluding carboxylic acids is 1. The van der Waals surface area contributed by atoms with Gasteiger partial charge in [-0.3, -0.25) is 4.79 Å². The van der Waals surface area contributed by atoms with E-state index in [1.165, 1.54) is 0 Å². The van der Waals surface area contributed by atoms with Gasteiger partial charge in [0.05, 0.1) is 6.04 Å². The number of hydrogen-bond acceptors (Lipinski definition) is 1. The van der Waals surface area contributed by atoms with Crippen LogP contribution in [0, 0.1) is 6.92 Å². The van der Waals surface area contributed by atoms with Crippen LogP contribution in [0.1, 0.15) is 35.3 Å². The Kier molecular flexibility index (Phi) is 2.66. The largest absolute Gasteiger partial charge is 0.301 e. The first-order chi connectivity index (χ1) is 7.93. The van der Waals surface area contributed by atoms with Gasteiger partial charge in [-0.05, 0) is 32.9 Å². The molecule has 1 unspecified atom stereocenters. The maximum atomic E-state index is 12.3. The zero-order valence-electron chi connectivity index (χ0n) is 10.6. The van der Waals surface area contributed by atoms with E-state index >= 15 is 0 Å². The number of rotatable bonds is 2. The Labute approximate surface area is 102 Å². The molecule has 1 aliphatic rings. The fourth-order valence-corrected chi connectivity index (χ4v) is 2.10. The smallest absolute Gasteiger partial charge is 0.259 e. The molecule has 0 N–H and O–H groups in total. The summed E-state index contributed by atoms with van der Waals surface area (Å²) in [5, 5.41) is 0. The zero-order valence-corrected chi connectivity index (χ0v) is 10.6. The number of fused-ring (bicyclic) bond motifs is 1. The first kappa shape index (κ1) is 11.6. The highest BCUT2D eigenvalue weighted by molar-refractivity contribution is 6.09. The Hall–Kier alpha value is -1.83. The van der Waals surface area contributed by atoms with E-state index in [2.05, 4.69) is 13.2 Å². The van der Waals surface area contributed by atoms with Crippen molar-refractivity contribution in [1.82, 2.24) is 4.90 Å². The van der Waals surface area contributed by atoms with Gasteiger partial charge in [0.1, 0.15) is 0 Å². The average Bonchev–Trinajstić information content (AvgIpc) is 2.50. The summed E-state index contributed by atoms with van der Waals surface area (Å²) in [6, 6.07) is 5.84. The molecule has 1 aliphatic heterocycles. The van der Waals surface area contributed by atoms with Crippen LogP contribution in [-0.2, 0) is 0 Å². The monoisotopic (exact) mass is 227 g/mol. The van der Waals surface area contributed by atoms with Crippen molar-refractivity contribution in [3.8, 4) is 0 Å². The van der Waals surface area contributed by atoms with Crippen molar-refractivity contribution in [2.45, 2.75) is 26.8 Å². The van der Waals surface area contributed by atoms with Gasteiger partial charge in [-0.25, -0.2) is 0 Å². The summed E-state index contributed by atoms with van der Waals surface area (Å²) < 4.78 is 0. The van der Waals surface area contributed by atoms with Crippen LogP contribution in [0.3, 0.4) is 0 Å². The molecule has 1 heterocycles. The second kappa shape index (κ2) is 3.88. The minimum atomic E-state index is -0.0114. The molecule has 0 radical (unpaired) electrons. The van der Waals surface area contributed by atoms with Crippen molar-refractivity contribution in [1.29, 1.82) is 0 Å². The first-order valence-electron chi connectivity index (χ1n) is 5.72. The van der Waals surface area contributed by atoms with Crippen molar-refractivity contribution in [2.75, 3.05) is 0 Å². The molecule has 1 aromatic carbocycles. The van der Waals surface area contributed by atoms with Crippen molar-refractivity contribution in [2.24, 2.45) is 0 Å². The maximum absolute atomic E-state index is 12.3. The third-order valence-corrected chi connectivity index (χ3v) is 3.33. The van der Waals surface area contributed by atoms with Crippen LogP contribution in [0.2, 0.25) is 0 Å². The second-order valence-corrected chi connectivity index (χ2v) is 4.69. The summed E-state index contributed by atoms with van der Waals surface area (Å²) in [7, 11) is 0. The third-order valence-electron chi connectivity index (χ3n) is 3.33. The van der Waals surface area contributed by atoms with Crippen LogP contribution >= 0.6 is 0 Å². The lowest BCUT2D eigenvalue weighted by atomic mass is 10.1. The van der Waals surface area contributed by atoms with Gasteiger partial charge in [-0.1, -0.05) is 30.4 Å². The lowest BCUT2D eigenvalue weighted by Gasteiger charge is -2.25. The minimum Gasteiger partial charge on any atom is -0.301 e.